The molecule has 10 heteroatoms. The second-order valence-corrected chi connectivity index (χ2v) is 9.22. The van der Waals surface area contributed by atoms with Crippen LogP contribution in [-0.4, -0.2) is 43.9 Å². The second kappa shape index (κ2) is 11.4. The van der Waals surface area contributed by atoms with E-state index in [1.165, 1.54) is 18.8 Å². The summed E-state index contributed by atoms with van der Waals surface area (Å²) in [7, 11) is 2.46. The van der Waals surface area contributed by atoms with E-state index in [1.54, 1.807) is 42.5 Å². The third-order valence-corrected chi connectivity index (χ3v) is 7.08. The first-order chi connectivity index (χ1) is 18.3. The number of carbonyl (C=O) groups is 2. The first kappa shape index (κ1) is 26.7. The van der Waals surface area contributed by atoms with E-state index < -0.39 is 23.4 Å². The lowest BCUT2D eigenvalue weighted by Crippen LogP contribution is -2.41. The number of nitrogens with two attached hydrogens (primary N) is 1. The normalized spacial score (nSPS) is 15.2. The zero-order chi connectivity index (χ0) is 27.4. The van der Waals surface area contributed by atoms with E-state index in [1.807, 2.05) is 26.0 Å². The van der Waals surface area contributed by atoms with Gasteiger partial charge in [-0.05, 0) is 55.3 Å². The van der Waals surface area contributed by atoms with Gasteiger partial charge in [0.05, 0.1) is 49.0 Å². The molecule has 0 fully saturated rings. The monoisotopic (exact) mass is 536 g/mol. The van der Waals surface area contributed by atoms with Crippen LogP contribution in [-0.2, 0) is 19.1 Å². The van der Waals surface area contributed by atoms with Crippen LogP contribution in [0.2, 0.25) is 0 Å². The van der Waals surface area contributed by atoms with Gasteiger partial charge in [-0.1, -0.05) is 24.3 Å². The van der Waals surface area contributed by atoms with Crippen molar-refractivity contribution in [3.63, 3.8) is 0 Å². The Balaban J connectivity index is 2.00. The number of hydrogen-bond acceptors (Lipinski definition) is 9. The lowest BCUT2D eigenvalue weighted by Gasteiger charge is -2.26. The maximum atomic E-state index is 13.5. The molecule has 0 spiro atoms. The van der Waals surface area contributed by atoms with Crippen LogP contribution in [0.4, 0.5) is 0 Å². The maximum Gasteiger partial charge on any atom is 0.338 e. The number of benzene rings is 2. The van der Waals surface area contributed by atoms with Gasteiger partial charge < -0.3 is 24.7 Å². The molecule has 2 heterocycles. The molecule has 2 aromatic carbocycles. The zero-order valence-electron chi connectivity index (χ0n) is 21.5. The van der Waals surface area contributed by atoms with Crippen LogP contribution in [0.3, 0.4) is 0 Å². The summed E-state index contributed by atoms with van der Waals surface area (Å²) in [4.78, 5) is 39.7. The Hall–Kier alpha value is -4.31. The van der Waals surface area contributed by atoms with Gasteiger partial charge in [0.2, 0.25) is 0 Å². The van der Waals surface area contributed by atoms with Crippen LogP contribution in [0.15, 0.2) is 58.9 Å². The third-order valence-electron chi connectivity index (χ3n) is 5.97. The molecule has 1 aliphatic rings. The summed E-state index contributed by atoms with van der Waals surface area (Å²) in [6, 6.07) is 14.2. The third kappa shape index (κ3) is 4.95. The lowest BCUT2D eigenvalue weighted by molar-refractivity contribution is -0.136. The van der Waals surface area contributed by atoms with Crippen LogP contribution >= 0.6 is 11.3 Å². The molecule has 1 atom stereocenters. The van der Waals surface area contributed by atoms with Crippen LogP contribution in [0.25, 0.3) is 17.5 Å². The Kier molecular flexibility index (Phi) is 8.02. The number of esters is 2. The van der Waals surface area contributed by atoms with Gasteiger partial charge in [-0.2, -0.15) is 0 Å². The number of methoxy groups -OCH3 is 2. The highest BCUT2D eigenvalue weighted by molar-refractivity contribution is 7.07. The summed E-state index contributed by atoms with van der Waals surface area (Å²) in [6.07, 6.45) is 1.69. The van der Waals surface area contributed by atoms with Crippen molar-refractivity contribution in [1.82, 2.24) is 4.57 Å². The topological polar surface area (TPSA) is 119 Å². The highest BCUT2D eigenvalue weighted by Crippen LogP contribution is 2.38. The second-order valence-electron chi connectivity index (χ2n) is 8.19. The molecule has 0 aliphatic carbocycles. The molecule has 3 aromatic rings. The average molecular weight is 537 g/mol. The molecule has 0 saturated carbocycles. The van der Waals surface area contributed by atoms with E-state index in [2.05, 4.69) is 0 Å². The van der Waals surface area contributed by atoms with E-state index in [-0.39, 0.29) is 21.6 Å². The molecule has 0 bridgehead atoms. The number of aromatic nitrogens is 1. The Morgan fingerprint density at radius 1 is 0.895 bits per heavy atom. The predicted molar refractivity (Wildman–Crippen MR) is 144 cm³/mol. The molecule has 4 rings (SSSR count). The van der Waals surface area contributed by atoms with Gasteiger partial charge in [0, 0.05) is 0 Å². The summed E-state index contributed by atoms with van der Waals surface area (Å²) in [5.74, 6) is -1.15. The fourth-order valence-electron chi connectivity index (χ4n) is 4.30. The van der Waals surface area contributed by atoms with Gasteiger partial charge in [0.15, 0.2) is 0 Å². The number of fused-ring (bicyclic) bond motifs is 1. The van der Waals surface area contributed by atoms with Gasteiger partial charge in [0.1, 0.15) is 22.0 Å². The molecule has 1 aromatic heterocycles. The van der Waals surface area contributed by atoms with Crippen molar-refractivity contribution in [2.75, 3.05) is 27.4 Å². The Morgan fingerprint density at radius 2 is 1.42 bits per heavy atom. The van der Waals surface area contributed by atoms with Gasteiger partial charge in [-0.15, -0.1) is 11.3 Å². The van der Waals surface area contributed by atoms with Gasteiger partial charge in [-0.3, -0.25) is 9.36 Å². The summed E-state index contributed by atoms with van der Waals surface area (Å²) in [5, 5.41) is 0. The zero-order valence-corrected chi connectivity index (χ0v) is 22.3. The van der Waals surface area contributed by atoms with Crippen molar-refractivity contribution in [3.8, 4) is 11.5 Å². The number of thiazole rings is 1. The molecular formula is C28H28N2O7S. The first-order valence-electron chi connectivity index (χ1n) is 11.9. The van der Waals surface area contributed by atoms with E-state index in [0.29, 0.717) is 34.8 Å². The average Bonchev–Trinajstić information content (AvgIpc) is 3.25. The Labute approximate surface area is 223 Å². The fourth-order valence-corrected chi connectivity index (χ4v) is 5.47. The van der Waals surface area contributed by atoms with Crippen molar-refractivity contribution in [2.45, 2.75) is 19.8 Å². The molecule has 0 unspecified atom stereocenters. The van der Waals surface area contributed by atoms with E-state index >= 15 is 0 Å². The minimum atomic E-state index is -0.929. The van der Waals surface area contributed by atoms with Crippen LogP contribution in [0.5, 0.6) is 11.5 Å². The molecular weight excluding hydrogens is 508 g/mol. The molecule has 0 radical (unpaired) electrons. The summed E-state index contributed by atoms with van der Waals surface area (Å²) < 4.78 is 22.9. The van der Waals surface area contributed by atoms with Crippen LogP contribution in [0.1, 0.15) is 30.9 Å². The lowest BCUT2D eigenvalue weighted by atomic mass is 9.83. The molecule has 38 heavy (non-hydrogen) atoms. The summed E-state index contributed by atoms with van der Waals surface area (Å²) in [6.45, 7) is 4.79. The Bertz CT molecular complexity index is 1570. The SMILES string of the molecule is CCOc1ccc(C=c2sc3n(c2=O)C(N)=C(C(=O)OC)[C@@H](c2ccc(OCC)cc2)C=3C(=O)OC)cc1. The molecule has 9 nitrogen and oxygen atoms in total. The van der Waals surface area contributed by atoms with Crippen LogP contribution < -0.4 is 30.0 Å². The Morgan fingerprint density at radius 3 is 1.95 bits per heavy atom. The minimum Gasteiger partial charge on any atom is -0.494 e. The molecule has 0 amide bonds. The van der Waals surface area contributed by atoms with Crippen molar-refractivity contribution in [1.29, 1.82) is 0 Å². The van der Waals surface area contributed by atoms with Gasteiger partial charge in [0.25, 0.3) is 5.56 Å². The van der Waals surface area contributed by atoms with Gasteiger partial charge in [-0.25, -0.2) is 9.59 Å². The van der Waals surface area contributed by atoms with Crippen molar-refractivity contribution < 1.29 is 28.5 Å². The van der Waals surface area contributed by atoms with Crippen LogP contribution in [0, 0.1) is 0 Å². The van der Waals surface area contributed by atoms with Gasteiger partial charge >= 0.3 is 11.9 Å². The quantitative estimate of drug-likeness (QED) is 0.434. The van der Waals surface area contributed by atoms with E-state index in [9.17, 15) is 14.4 Å². The number of hydrogen-bond donors (Lipinski definition) is 1. The van der Waals surface area contributed by atoms with E-state index in [4.69, 9.17) is 24.7 Å². The smallest absolute Gasteiger partial charge is 0.338 e. The first-order valence-corrected chi connectivity index (χ1v) is 12.8. The number of ether oxygens (including phenoxy) is 4. The van der Waals surface area contributed by atoms with Crippen molar-refractivity contribution in [3.05, 3.63) is 84.8 Å². The standard InChI is InChI=1S/C28H28N2O7S/c1-5-36-18-11-7-16(8-12-18)15-20-25(31)30-24(29)22(27(32)34-3)21(23(26(30)38-20)28(33)35-4)17-9-13-19(14-10-17)37-6-2/h7-15,21H,5-6,29H2,1-4H3/t21-/m1/s1. The van der Waals surface area contributed by atoms with Crippen molar-refractivity contribution >= 4 is 40.7 Å². The highest BCUT2D eigenvalue weighted by atomic mass is 32.1. The predicted octanol–water partition coefficient (Wildman–Crippen LogP) is 1.96. The molecule has 2 N–H and O–H groups in total. The van der Waals surface area contributed by atoms with Crippen molar-refractivity contribution in [2.24, 2.45) is 5.73 Å². The summed E-state index contributed by atoms with van der Waals surface area (Å²) in [5.41, 5.74) is 7.41. The molecule has 0 saturated heterocycles. The fraction of sp³-hybridized carbons (Fsp3) is 0.250. The molecule has 198 valence electrons. The largest absolute Gasteiger partial charge is 0.494 e. The number of nitrogens with zero attached hydrogens (tertiary/aromatic N) is 1. The summed E-state index contributed by atoms with van der Waals surface area (Å²) >= 11 is 1.09. The minimum absolute atomic E-state index is 0.0305. The molecule has 1 aliphatic heterocycles. The number of carbonyl (C=O) groups excluding carboxylic acids is 2. The highest BCUT2D eigenvalue weighted by Gasteiger charge is 2.39. The number of rotatable bonds is 8. The maximum absolute atomic E-state index is 13.5. The van der Waals surface area contributed by atoms with E-state index in [0.717, 1.165) is 16.9 Å².